The normalized spacial score (nSPS) is 24.4. The first-order valence-electron chi connectivity index (χ1n) is 6.72. The number of urea groups is 1. The quantitative estimate of drug-likeness (QED) is 0.592. The second kappa shape index (κ2) is 6.08. The molecule has 0 spiro atoms. The highest BCUT2D eigenvalue weighted by atomic mass is 16.4. The molecule has 2 heterocycles. The summed E-state index contributed by atoms with van der Waals surface area (Å²) in [4.78, 5) is 37.9. The van der Waals surface area contributed by atoms with Crippen LogP contribution in [0.4, 0.5) is 4.79 Å². The van der Waals surface area contributed by atoms with Gasteiger partial charge in [-0.05, 0) is 12.8 Å². The first kappa shape index (κ1) is 14.6. The lowest BCUT2D eigenvalue weighted by Gasteiger charge is -2.39. The fourth-order valence-electron chi connectivity index (χ4n) is 2.55. The number of piperidine rings is 1. The largest absolute Gasteiger partial charge is 0.481 e. The summed E-state index contributed by atoms with van der Waals surface area (Å²) >= 11 is 0. The number of carboxylic acid groups (broad SMARTS) is 1. The zero-order valence-corrected chi connectivity index (χ0v) is 11.1. The number of rotatable bonds is 2. The number of piperazine rings is 1. The number of aliphatic hydroxyl groups is 1. The van der Waals surface area contributed by atoms with Crippen molar-refractivity contribution in [3.63, 3.8) is 0 Å². The van der Waals surface area contributed by atoms with Crippen LogP contribution >= 0.6 is 0 Å². The monoisotopic (exact) mass is 285 g/mol. The average Bonchev–Trinajstić information content (AvgIpc) is 2.41. The van der Waals surface area contributed by atoms with Crippen molar-refractivity contribution in [3.8, 4) is 0 Å². The standard InChI is InChI=1S/C12H19N3O5/c16-8-1-4-14(5-2-8)12(20)15-6-3-13-11(19)9(15)7-10(17)18/h8-9,16H,1-7H2,(H,13,19)(H,17,18). The van der Waals surface area contributed by atoms with Crippen LogP contribution in [-0.4, -0.2) is 76.2 Å². The van der Waals surface area contributed by atoms with Crippen molar-refractivity contribution >= 4 is 17.9 Å². The van der Waals surface area contributed by atoms with E-state index < -0.39 is 30.4 Å². The fourth-order valence-corrected chi connectivity index (χ4v) is 2.55. The molecule has 3 amide bonds. The number of carbonyl (C=O) groups is 3. The number of hydrogen-bond donors (Lipinski definition) is 3. The van der Waals surface area contributed by atoms with Gasteiger partial charge < -0.3 is 25.3 Å². The summed E-state index contributed by atoms with van der Waals surface area (Å²) in [5, 5.41) is 20.9. The SMILES string of the molecule is O=C(O)CC1C(=O)NCCN1C(=O)N1CCC(O)CC1. The molecule has 2 aliphatic rings. The minimum absolute atomic E-state index is 0.307. The molecule has 0 aromatic heterocycles. The number of carbonyl (C=O) groups excluding carboxylic acids is 2. The highest BCUT2D eigenvalue weighted by molar-refractivity contribution is 5.91. The number of nitrogens with zero attached hydrogens (tertiary/aromatic N) is 2. The Morgan fingerprint density at radius 2 is 1.90 bits per heavy atom. The maximum Gasteiger partial charge on any atom is 0.320 e. The third-order valence-corrected chi connectivity index (χ3v) is 3.68. The third-order valence-electron chi connectivity index (χ3n) is 3.68. The summed E-state index contributed by atoms with van der Waals surface area (Å²) in [5.41, 5.74) is 0. The highest BCUT2D eigenvalue weighted by Gasteiger charge is 2.37. The smallest absolute Gasteiger partial charge is 0.320 e. The van der Waals surface area contributed by atoms with Gasteiger partial charge >= 0.3 is 12.0 Å². The zero-order chi connectivity index (χ0) is 14.7. The highest BCUT2D eigenvalue weighted by Crippen LogP contribution is 2.16. The van der Waals surface area contributed by atoms with E-state index in [1.54, 1.807) is 4.90 Å². The zero-order valence-electron chi connectivity index (χ0n) is 11.1. The molecular weight excluding hydrogens is 266 g/mol. The van der Waals surface area contributed by atoms with Crippen molar-refractivity contribution in [1.29, 1.82) is 0 Å². The maximum absolute atomic E-state index is 12.4. The molecule has 2 aliphatic heterocycles. The second-order valence-corrected chi connectivity index (χ2v) is 5.10. The van der Waals surface area contributed by atoms with Crippen LogP contribution in [0.15, 0.2) is 0 Å². The van der Waals surface area contributed by atoms with Gasteiger partial charge in [0.15, 0.2) is 0 Å². The first-order chi connectivity index (χ1) is 9.49. The summed E-state index contributed by atoms with van der Waals surface area (Å²) in [6.07, 6.45) is 0.234. The van der Waals surface area contributed by atoms with Crippen molar-refractivity contribution in [1.82, 2.24) is 15.1 Å². The molecule has 1 atom stereocenters. The molecule has 2 fully saturated rings. The van der Waals surface area contributed by atoms with Gasteiger partial charge in [0.25, 0.3) is 0 Å². The number of aliphatic carboxylic acids is 1. The van der Waals surface area contributed by atoms with Crippen molar-refractivity contribution in [3.05, 3.63) is 0 Å². The minimum Gasteiger partial charge on any atom is -0.481 e. The van der Waals surface area contributed by atoms with Crippen LogP contribution < -0.4 is 5.32 Å². The molecule has 112 valence electrons. The summed E-state index contributed by atoms with van der Waals surface area (Å²) in [6, 6.07) is -1.28. The van der Waals surface area contributed by atoms with Gasteiger partial charge in [-0.25, -0.2) is 4.79 Å². The molecule has 3 N–H and O–H groups in total. The lowest BCUT2D eigenvalue weighted by molar-refractivity contribution is -0.142. The molecule has 0 aromatic rings. The second-order valence-electron chi connectivity index (χ2n) is 5.10. The fraction of sp³-hybridized carbons (Fsp3) is 0.750. The number of amides is 3. The van der Waals surface area contributed by atoms with E-state index in [2.05, 4.69) is 5.32 Å². The molecular formula is C12H19N3O5. The third kappa shape index (κ3) is 3.19. The van der Waals surface area contributed by atoms with E-state index in [0.717, 1.165) is 0 Å². The van der Waals surface area contributed by atoms with Gasteiger partial charge in [0.2, 0.25) is 5.91 Å². The molecule has 0 aromatic carbocycles. The van der Waals surface area contributed by atoms with Gasteiger partial charge in [-0.2, -0.15) is 0 Å². The maximum atomic E-state index is 12.4. The average molecular weight is 285 g/mol. The van der Waals surface area contributed by atoms with E-state index in [0.29, 0.717) is 39.0 Å². The van der Waals surface area contributed by atoms with E-state index in [4.69, 9.17) is 5.11 Å². The van der Waals surface area contributed by atoms with E-state index in [-0.39, 0.29) is 6.03 Å². The van der Waals surface area contributed by atoms with Gasteiger partial charge in [-0.1, -0.05) is 0 Å². The van der Waals surface area contributed by atoms with E-state index in [1.807, 2.05) is 0 Å². The van der Waals surface area contributed by atoms with Crippen molar-refractivity contribution < 1.29 is 24.6 Å². The predicted octanol–water partition coefficient (Wildman–Crippen LogP) is -1.16. The summed E-state index contributed by atoms with van der Waals surface area (Å²) in [5.74, 6) is -1.54. The molecule has 0 saturated carbocycles. The number of carboxylic acids is 1. The molecule has 8 nitrogen and oxygen atoms in total. The number of nitrogens with one attached hydrogen (secondary N) is 1. The van der Waals surface area contributed by atoms with Crippen LogP contribution in [0.5, 0.6) is 0 Å². The molecule has 20 heavy (non-hydrogen) atoms. The summed E-state index contributed by atoms with van der Waals surface area (Å²) < 4.78 is 0. The van der Waals surface area contributed by atoms with Crippen LogP contribution in [0.25, 0.3) is 0 Å². The molecule has 2 saturated heterocycles. The van der Waals surface area contributed by atoms with Crippen LogP contribution in [0.3, 0.4) is 0 Å². The number of aliphatic hydroxyl groups excluding tert-OH is 1. The van der Waals surface area contributed by atoms with Gasteiger partial charge in [0.1, 0.15) is 6.04 Å². The lowest BCUT2D eigenvalue weighted by atomic mass is 10.1. The van der Waals surface area contributed by atoms with Gasteiger partial charge in [0.05, 0.1) is 12.5 Å². The molecule has 0 radical (unpaired) electrons. The predicted molar refractivity (Wildman–Crippen MR) is 68.0 cm³/mol. The molecule has 8 heteroatoms. The molecule has 1 unspecified atom stereocenters. The first-order valence-corrected chi connectivity index (χ1v) is 6.72. The molecule has 0 aliphatic carbocycles. The summed E-state index contributed by atoms with van der Waals surface area (Å²) in [6.45, 7) is 1.49. The molecule has 2 rings (SSSR count). The summed E-state index contributed by atoms with van der Waals surface area (Å²) in [7, 11) is 0. The van der Waals surface area contributed by atoms with Gasteiger partial charge in [0, 0.05) is 26.2 Å². The number of hydrogen-bond acceptors (Lipinski definition) is 4. The Morgan fingerprint density at radius 3 is 2.50 bits per heavy atom. The Bertz CT molecular complexity index is 406. The van der Waals surface area contributed by atoms with Crippen LogP contribution in [0.1, 0.15) is 19.3 Å². The Balaban J connectivity index is 2.05. The van der Waals surface area contributed by atoms with Crippen LogP contribution in [0.2, 0.25) is 0 Å². The Labute approximate surface area is 116 Å². The lowest BCUT2D eigenvalue weighted by Crippen LogP contribution is -2.61. The van der Waals surface area contributed by atoms with Crippen molar-refractivity contribution in [2.45, 2.75) is 31.4 Å². The Hall–Kier alpha value is -1.83. The Morgan fingerprint density at radius 1 is 1.25 bits per heavy atom. The topological polar surface area (TPSA) is 110 Å². The molecule has 0 bridgehead atoms. The van der Waals surface area contributed by atoms with Gasteiger partial charge in [-0.3, -0.25) is 9.59 Å². The minimum atomic E-state index is -1.11. The van der Waals surface area contributed by atoms with Gasteiger partial charge in [-0.15, -0.1) is 0 Å². The van der Waals surface area contributed by atoms with Crippen molar-refractivity contribution in [2.24, 2.45) is 0 Å². The van der Waals surface area contributed by atoms with Crippen molar-refractivity contribution in [2.75, 3.05) is 26.2 Å². The van der Waals surface area contributed by atoms with Crippen LogP contribution in [-0.2, 0) is 9.59 Å². The van der Waals surface area contributed by atoms with E-state index >= 15 is 0 Å². The van der Waals surface area contributed by atoms with Crippen LogP contribution in [0, 0.1) is 0 Å². The van der Waals surface area contributed by atoms with E-state index in [9.17, 15) is 19.5 Å². The van der Waals surface area contributed by atoms with E-state index in [1.165, 1.54) is 4.90 Å². The Kier molecular flexibility index (Phi) is 4.43. The number of likely N-dealkylation sites (tertiary alicyclic amines) is 1.